The Kier molecular flexibility index (Phi) is 7.75. The fourth-order valence-electron chi connectivity index (χ4n) is 5.85. The summed E-state index contributed by atoms with van der Waals surface area (Å²) in [6, 6.07) is 8.36. The normalized spacial score (nSPS) is 21.0. The number of amides is 3. The predicted octanol–water partition coefficient (Wildman–Crippen LogP) is 0.926. The number of piperidine rings is 1. The molecule has 1 aliphatic carbocycles. The van der Waals surface area contributed by atoms with Crippen LogP contribution < -0.4 is 22.5 Å². The molecule has 1 unspecified atom stereocenters. The van der Waals surface area contributed by atoms with Gasteiger partial charge in [-0.05, 0) is 88.4 Å². The van der Waals surface area contributed by atoms with Crippen molar-refractivity contribution in [3.8, 4) is 5.69 Å². The predicted molar refractivity (Wildman–Crippen MR) is 150 cm³/mol. The van der Waals surface area contributed by atoms with E-state index < -0.39 is 11.2 Å². The summed E-state index contributed by atoms with van der Waals surface area (Å²) >= 11 is 0. The fraction of sp³-hybridized carbons (Fsp3) is 0.571. The van der Waals surface area contributed by atoms with Gasteiger partial charge in [0, 0.05) is 44.5 Å². The van der Waals surface area contributed by atoms with Crippen molar-refractivity contribution in [3.63, 3.8) is 0 Å². The molecule has 11 nitrogen and oxygen atoms in total. The van der Waals surface area contributed by atoms with Gasteiger partial charge in [0.1, 0.15) is 5.82 Å². The molecule has 5 rings (SSSR count). The minimum atomic E-state index is -0.944. The quantitative estimate of drug-likeness (QED) is 0.527. The number of hydrogen-bond donors (Lipinski definition) is 3. The summed E-state index contributed by atoms with van der Waals surface area (Å²) in [6.07, 6.45) is 6.90. The van der Waals surface area contributed by atoms with Gasteiger partial charge in [-0.15, -0.1) is 0 Å². The molecule has 3 heterocycles. The summed E-state index contributed by atoms with van der Waals surface area (Å²) in [7, 11) is 0. The Hall–Kier alpha value is -3.28. The maximum Gasteiger partial charge on any atom is 0.354 e. The monoisotopic (exact) mass is 536 g/mol. The second kappa shape index (κ2) is 11.1. The SMILES string of the molecule is CC(C)(N)C(=O)N1CCN(C(=O)Nc2ccn(-c3ccc4c(c3)CCC(N3CCC(N)CC3)C4)c(=O)n2)CC1. The lowest BCUT2D eigenvalue weighted by molar-refractivity contribution is -0.137. The van der Waals surface area contributed by atoms with Crippen molar-refractivity contribution >= 4 is 17.8 Å². The first-order valence-electron chi connectivity index (χ1n) is 13.9. The number of nitrogens with two attached hydrogens (primary N) is 2. The van der Waals surface area contributed by atoms with Gasteiger partial charge in [0.15, 0.2) is 0 Å². The number of carbonyl (C=O) groups is 2. The molecule has 0 bridgehead atoms. The first kappa shape index (κ1) is 27.3. The summed E-state index contributed by atoms with van der Waals surface area (Å²) in [4.78, 5) is 48.0. The van der Waals surface area contributed by atoms with Gasteiger partial charge in [-0.25, -0.2) is 9.59 Å². The average Bonchev–Trinajstić information content (AvgIpc) is 2.92. The minimum Gasteiger partial charge on any atom is -0.338 e. The third kappa shape index (κ3) is 6.15. The average molecular weight is 537 g/mol. The van der Waals surface area contributed by atoms with Crippen LogP contribution in [0.4, 0.5) is 10.6 Å². The van der Waals surface area contributed by atoms with Crippen LogP contribution >= 0.6 is 0 Å². The largest absolute Gasteiger partial charge is 0.354 e. The van der Waals surface area contributed by atoms with Crippen molar-refractivity contribution in [1.29, 1.82) is 0 Å². The summed E-state index contributed by atoms with van der Waals surface area (Å²) in [5, 5.41) is 2.72. The lowest BCUT2D eigenvalue weighted by Crippen LogP contribution is -2.58. The van der Waals surface area contributed by atoms with E-state index in [-0.39, 0.29) is 17.8 Å². The van der Waals surface area contributed by atoms with Gasteiger partial charge in [-0.2, -0.15) is 4.98 Å². The van der Waals surface area contributed by atoms with Crippen LogP contribution in [0.1, 0.15) is 44.2 Å². The number of likely N-dealkylation sites (tertiary alicyclic amines) is 1. The fourth-order valence-corrected chi connectivity index (χ4v) is 5.85. The number of piperazine rings is 1. The molecule has 2 aromatic rings. The van der Waals surface area contributed by atoms with Gasteiger partial charge < -0.3 is 21.3 Å². The second-order valence-corrected chi connectivity index (χ2v) is 11.6. The summed E-state index contributed by atoms with van der Waals surface area (Å²) in [5.41, 5.74) is 14.0. The molecule has 3 amide bonds. The Morgan fingerprint density at radius 2 is 1.67 bits per heavy atom. The number of fused-ring (bicyclic) bond motifs is 1. The van der Waals surface area contributed by atoms with Crippen LogP contribution in [0.15, 0.2) is 35.3 Å². The highest BCUT2D eigenvalue weighted by molar-refractivity contribution is 5.89. The van der Waals surface area contributed by atoms with Gasteiger partial charge in [0.05, 0.1) is 11.2 Å². The standard InChI is InChI=1S/C28H40N8O3/c1-28(2,30)25(37)34-13-15-35(16-14-34)26(38)31-24-9-12-36(27(39)32-24)23-6-4-19-17-22(5-3-20(19)18-23)33-10-7-21(29)8-11-33/h4,6,9,12,18,21-22H,3,5,7-8,10-11,13-17,29-30H2,1-2H3,(H,31,32,38,39). The van der Waals surface area contributed by atoms with Gasteiger partial charge in [-0.1, -0.05) is 6.07 Å². The molecule has 2 saturated heterocycles. The van der Waals surface area contributed by atoms with Gasteiger partial charge >= 0.3 is 11.7 Å². The van der Waals surface area contributed by atoms with Crippen molar-refractivity contribution in [2.24, 2.45) is 11.5 Å². The molecule has 39 heavy (non-hydrogen) atoms. The van der Waals surface area contributed by atoms with Crippen LogP contribution in [0, 0.1) is 0 Å². The van der Waals surface area contributed by atoms with Crippen LogP contribution in [0.3, 0.4) is 0 Å². The molecule has 2 fully saturated rings. The van der Waals surface area contributed by atoms with Crippen LogP contribution in [-0.2, 0) is 17.6 Å². The number of hydrogen-bond acceptors (Lipinski definition) is 7. The first-order chi connectivity index (χ1) is 18.6. The van der Waals surface area contributed by atoms with E-state index in [0.717, 1.165) is 50.9 Å². The van der Waals surface area contributed by atoms with Crippen LogP contribution in [0.2, 0.25) is 0 Å². The maximum atomic E-state index is 12.9. The number of urea groups is 1. The number of nitrogens with zero attached hydrogens (tertiary/aromatic N) is 5. The molecular weight excluding hydrogens is 496 g/mol. The number of benzene rings is 1. The van der Waals surface area contributed by atoms with Crippen LogP contribution in [0.5, 0.6) is 0 Å². The van der Waals surface area contributed by atoms with Crippen molar-refractivity contribution in [1.82, 2.24) is 24.3 Å². The van der Waals surface area contributed by atoms with E-state index >= 15 is 0 Å². The minimum absolute atomic E-state index is 0.137. The zero-order valence-corrected chi connectivity index (χ0v) is 22.9. The van der Waals surface area contributed by atoms with E-state index in [4.69, 9.17) is 11.5 Å². The molecule has 3 aliphatic rings. The van der Waals surface area contributed by atoms with E-state index in [9.17, 15) is 14.4 Å². The summed E-state index contributed by atoms with van der Waals surface area (Å²) in [6.45, 7) is 7.08. The number of nitrogens with one attached hydrogen (secondary N) is 1. The van der Waals surface area contributed by atoms with Gasteiger partial charge in [-0.3, -0.25) is 19.6 Å². The number of rotatable bonds is 4. The Morgan fingerprint density at radius 3 is 2.33 bits per heavy atom. The molecule has 0 saturated carbocycles. The Bertz CT molecular complexity index is 1270. The Balaban J connectivity index is 1.19. The highest BCUT2D eigenvalue weighted by Gasteiger charge is 2.31. The molecule has 210 valence electrons. The smallest absolute Gasteiger partial charge is 0.338 e. The number of aromatic nitrogens is 2. The molecule has 2 aliphatic heterocycles. The maximum absolute atomic E-state index is 12.9. The summed E-state index contributed by atoms with van der Waals surface area (Å²) in [5.74, 6) is 0.0620. The topological polar surface area (TPSA) is 143 Å². The third-order valence-electron chi connectivity index (χ3n) is 8.21. The van der Waals surface area contributed by atoms with Gasteiger partial charge in [0.25, 0.3) is 0 Å². The van der Waals surface area contributed by atoms with E-state index in [1.165, 1.54) is 15.7 Å². The molecule has 1 atom stereocenters. The van der Waals surface area contributed by atoms with E-state index in [1.54, 1.807) is 35.9 Å². The molecule has 5 N–H and O–H groups in total. The van der Waals surface area contributed by atoms with Crippen molar-refractivity contribution in [2.75, 3.05) is 44.6 Å². The van der Waals surface area contributed by atoms with E-state index in [1.807, 2.05) is 6.07 Å². The molecule has 0 spiro atoms. The van der Waals surface area contributed by atoms with Crippen molar-refractivity contribution in [3.05, 3.63) is 52.1 Å². The lowest BCUT2D eigenvalue weighted by Gasteiger charge is -2.39. The molecule has 11 heteroatoms. The van der Waals surface area contributed by atoms with Crippen LogP contribution in [0.25, 0.3) is 5.69 Å². The number of aryl methyl sites for hydroxylation is 1. The third-order valence-corrected chi connectivity index (χ3v) is 8.21. The number of anilines is 1. The van der Waals surface area contributed by atoms with Crippen LogP contribution in [-0.4, -0.2) is 93.1 Å². The van der Waals surface area contributed by atoms with E-state index in [2.05, 4.69) is 27.3 Å². The molecule has 1 aromatic carbocycles. The first-order valence-corrected chi connectivity index (χ1v) is 13.9. The second-order valence-electron chi connectivity index (χ2n) is 11.6. The van der Waals surface area contributed by atoms with E-state index in [0.29, 0.717) is 38.3 Å². The zero-order valence-electron chi connectivity index (χ0n) is 22.9. The van der Waals surface area contributed by atoms with Gasteiger partial charge in [0.2, 0.25) is 5.91 Å². The number of carbonyl (C=O) groups excluding carboxylic acids is 2. The van der Waals surface area contributed by atoms with Crippen molar-refractivity contribution < 1.29 is 9.59 Å². The summed E-state index contributed by atoms with van der Waals surface area (Å²) < 4.78 is 1.51. The molecule has 0 radical (unpaired) electrons. The van der Waals surface area contributed by atoms with Crippen molar-refractivity contribution in [2.45, 2.75) is 63.6 Å². The lowest BCUT2D eigenvalue weighted by atomic mass is 9.86. The zero-order chi connectivity index (χ0) is 27.7. The highest BCUT2D eigenvalue weighted by Crippen LogP contribution is 2.28. The Labute approximate surface area is 229 Å². The Morgan fingerprint density at radius 1 is 0.974 bits per heavy atom. The molecular formula is C28H40N8O3. The molecule has 1 aromatic heterocycles. The highest BCUT2D eigenvalue weighted by atomic mass is 16.2.